The molecule has 3 aromatic rings. The van der Waals surface area contributed by atoms with Crippen LogP contribution in [-0.2, 0) is 4.74 Å². The molecule has 1 amide bonds. The van der Waals surface area contributed by atoms with Crippen molar-refractivity contribution in [2.24, 2.45) is 4.99 Å². The smallest absolute Gasteiger partial charge is 0.410 e. The Balaban J connectivity index is 1.38. The van der Waals surface area contributed by atoms with E-state index < -0.39 is 5.60 Å². The maximum absolute atomic E-state index is 12.8. The zero-order valence-corrected chi connectivity index (χ0v) is 20.8. The molecular weight excluding hydrogens is 454 g/mol. The molecule has 8 heteroatoms. The summed E-state index contributed by atoms with van der Waals surface area (Å²) in [6.45, 7) is 6.34. The third kappa shape index (κ3) is 5.03. The van der Waals surface area contributed by atoms with Gasteiger partial charge in [-0.2, -0.15) is 0 Å². The minimum atomic E-state index is -0.534. The summed E-state index contributed by atoms with van der Waals surface area (Å²) in [5, 5.41) is 0. The Bertz CT molecular complexity index is 1270. The predicted octanol–water partition coefficient (Wildman–Crippen LogP) is 5.53. The summed E-state index contributed by atoms with van der Waals surface area (Å²) in [6, 6.07) is 17.2. The lowest BCUT2D eigenvalue weighted by molar-refractivity contribution is 0.0216. The van der Waals surface area contributed by atoms with E-state index >= 15 is 0 Å². The monoisotopic (exact) mass is 485 g/mol. The van der Waals surface area contributed by atoms with Crippen molar-refractivity contribution in [3.05, 3.63) is 77.7 Å². The van der Waals surface area contributed by atoms with Crippen LogP contribution in [0.1, 0.15) is 62.9 Å². The number of carbonyl (C=O) groups excluding carboxylic acids is 1. The van der Waals surface area contributed by atoms with Crippen molar-refractivity contribution in [1.29, 1.82) is 0 Å². The Morgan fingerprint density at radius 2 is 1.78 bits per heavy atom. The van der Waals surface area contributed by atoms with Crippen molar-refractivity contribution < 1.29 is 14.3 Å². The van der Waals surface area contributed by atoms with Gasteiger partial charge in [0.2, 0.25) is 0 Å². The van der Waals surface area contributed by atoms with Gasteiger partial charge in [0.15, 0.2) is 0 Å². The van der Waals surface area contributed by atoms with Crippen molar-refractivity contribution in [2.75, 3.05) is 12.3 Å². The Labute approximate surface area is 211 Å². The van der Waals surface area contributed by atoms with Crippen LogP contribution < -0.4 is 10.5 Å². The second kappa shape index (κ2) is 9.60. The summed E-state index contributed by atoms with van der Waals surface area (Å²) in [5.74, 6) is 1.91. The highest BCUT2D eigenvalue weighted by molar-refractivity contribution is 6.17. The first-order valence-electron chi connectivity index (χ1n) is 12.3. The van der Waals surface area contributed by atoms with Crippen LogP contribution in [0.2, 0.25) is 0 Å². The lowest BCUT2D eigenvalue weighted by Crippen LogP contribution is -2.40. The molecule has 1 unspecified atom stereocenters. The largest absolute Gasteiger partial charge is 0.457 e. The second-order valence-corrected chi connectivity index (χ2v) is 10.2. The molecule has 1 aromatic heterocycles. The van der Waals surface area contributed by atoms with E-state index in [4.69, 9.17) is 20.2 Å². The van der Waals surface area contributed by atoms with Gasteiger partial charge < -0.3 is 20.1 Å². The number of benzene rings is 2. The quantitative estimate of drug-likeness (QED) is 0.509. The van der Waals surface area contributed by atoms with Gasteiger partial charge in [-0.05, 0) is 76.4 Å². The van der Waals surface area contributed by atoms with E-state index in [0.29, 0.717) is 18.8 Å². The number of hydrogen-bond acceptors (Lipinski definition) is 7. The minimum absolute atomic E-state index is 0.0265. The Morgan fingerprint density at radius 1 is 1.06 bits per heavy atom. The number of nitrogens with two attached hydrogens (primary N) is 1. The number of hydrogen-bond donors (Lipinski definition) is 1. The van der Waals surface area contributed by atoms with Crippen molar-refractivity contribution in [1.82, 2.24) is 14.9 Å². The molecular formula is C28H31N5O3. The van der Waals surface area contributed by atoms with Gasteiger partial charge >= 0.3 is 6.09 Å². The molecule has 1 fully saturated rings. The van der Waals surface area contributed by atoms with E-state index in [1.165, 1.54) is 6.33 Å². The first-order chi connectivity index (χ1) is 17.3. The van der Waals surface area contributed by atoms with Crippen molar-refractivity contribution >= 4 is 17.6 Å². The maximum Gasteiger partial charge on any atom is 0.410 e. The lowest BCUT2D eigenvalue weighted by Gasteiger charge is -2.29. The maximum atomic E-state index is 12.8. The molecule has 5 rings (SSSR count). The highest BCUT2D eigenvalue weighted by Gasteiger charge is 2.37. The zero-order valence-electron chi connectivity index (χ0n) is 20.8. The molecule has 2 aliphatic rings. The molecule has 0 aliphatic carbocycles. The number of amides is 1. The van der Waals surface area contributed by atoms with Gasteiger partial charge in [0.25, 0.3) is 0 Å². The minimum Gasteiger partial charge on any atom is -0.457 e. The Kier molecular flexibility index (Phi) is 6.35. The van der Waals surface area contributed by atoms with Crippen LogP contribution in [0.15, 0.2) is 65.9 Å². The summed E-state index contributed by atoms with van der Waals surface area (Å²) in [4.78, 5) is 28.5. The molecule has 186 valence electrons. The molecule has 0 saturated carbocycles. The van der Waals surface area contributed by atoms with Crippen molar-refractivity contribution in [3.63, 3.8) is 0 Å². The zero-order chi connectivity index (χ0) is 25.3. The molecule has 0 bridgehead atoms. The molecule has 2 aliphatic heterocycles. The third-order valence-electron chi connectivity index (χ3n) is 6.35. The summed E-state index contributed by atoms with van der Waals surface area (Å²) in [5.41, 5.74) is 9.02. The average molecular weight is 486 g/mol. The number of fused-ring (bicyclic) bond motifs is 1. The highest BCUT2D eigenvalue weighted by atomic mass is 16.6. The number of anilines is 1. The predicted molar refractivity (Wildman–Crippen MR) is 138 cm³/mol. The van der Waals surface area contributed by atoms with E-state index in [-0.39, 0.29) is 18.2 Å². The van der Waals surface area contributed by atoms with E-state index in [1.807, 2.05) is 80.3 Å². The van der Waals surface area contributed by atoms with E-state index in [9.17, 15) is 4.79 Å². The molecule has 1 saturated heterocycles. The van der Waals surface area contributed by atoms with Gasteiger partial charge in [-0.3, -0.25) is 4.99 Å². The number of ether oxygens (including phenoxy) is 2. The molecule has 0 radical (unpaired) electrons. The van der Waals surface area contributed by atoms with Crippen molar-refractivity contribution in [2.45, 2.75) is 57.7 Å². The first kappa shape index (κ1) is 23.8. The number of aromatic nitrogens is 2. The summed E-state index contributed by atoms with van der Waals surface area (Å²) in [7, 11) is 0. The van der Waals surface area contributed by atoms with Gasteiger partial charge in [-0.25, -0.2) is 14.8 Å². The lowest BCUT2D eigenvalue weighted by atomic mass is 9.99. The molecule has 2 atom stereocenters. The number of aliphatic imine (C=N–C) groups is 1. The van der Waals surface area contributed by atoms with Gasteiger partial charge in [0, 0.05) is 18.2 Å². The van der Waals surface area contributed by atoms with Crippen LogP contribution in [-0.4, -0.2) is 44.9 Å². The molecule has 0 spiro atoms. The second-order valence-electron chi connectivity index (χ2n) is 10.2. The summed E-state index contributed by atoms with van der Waals surface area (Å²) in [6.07, 6.45) is 3.71. The van der Waals surface area contributed by atoms with Gasteiger partial charge in [-0.15, -0.1) is 0 Å². The van der Waals surface area contributed by atoms with E-state index in [0.717, 1.165) is 46.9 Å². The van der Waals surface area contributed by atoms with Crippen molar-refractivity contribution in [3.8, 4) is 11.5 Å². The molecule has 8 nitrogen and oxygen atoms in total. The number of para-hydroxylation sites is 1. The summed E-state index contributed by atoms with van der Waals surface area (Å²) < 4.78 is 11.6. The average Bonchev–Trinajstić information content (AvgIpc) is 3.45. The number of nitrogens with zero attached hydrogens (tertiary/aromatic N) is 4. The molecule has 2 aromatic carbocycles. The number of rotatable bonds is 5. The normalized spacial score (nSPS) is 19.1. The Hall–Kier alpha value is -3.94. The number of nitrogen functional groups attached to an aromatic ring is 1. The summed E-state index contributed by atoms with van der Waals surface area (Å²) >= 11 is 0. The van der Waals surface area contributed by atoms with Crippen LogP contribution in [0.25, 0.3) is 0 Å². The molecule has 3 heterocycles. The molecule has 2 N–H and O–H groups in total. The van der Waals surface area contributed by atoms with Crippen LogP contribution in [0.3, 0.4) is 0 Å². The van der Waals surface area contributed by atoms with Crippen LogP contribution >= 0.6 is 0 Å². The van der Waals surface area contributed by atoms with E-state index in [2.05, 4.69) is 9.97 Å². The fraction of sp³-hybridized carbons (Fsp3) is 0.357. The Morgan fingerprint density at radius 3 is 2.50 bits per heavy atom. The van der Waals surface area contributed by atoms with Gasteiger partial charge in [0.05, 0.1) is 23.0 Å². The van der Waals surface area contributed by atoms with Crippen LogP contribution in [0, 0.1) is 0 Å². The van der Waals surface area contributed by atoms with Gasteiger partial charge in [-0.1, -0.05) is 18.2 Å². The topological polar surface area (TPSA) is 103 Å². The first-order valence-corrected chi connectivity index (χ1v) is 12.3. The fourth-order valence-corrected chi connectivity index (χ4v) is 4.78. The number of carbonyl (C=O) groups is 1. The molecule has 36 heavy (non-hydrogen) atoms. The fourth-order valence-electron chi connectivity index (χ4n) is 4.78. The van der Waals surface area contributed by atoms with Crippen LogP contribution in [0.4, 0.5) is 10.6 Å². The van der Waals surface area contributed by atoms with Gasteiger partial charge in [0.1, 0.15) is 29.2 Å². The standard InChI is InChI=1S/C28H31N5O3/c1-28(2,3)36-27(34)33-15-7-8-19(33)16-22-25-23(26(29)31-17-30-25)24(32-22)18-11-13-21(14-12-18)35-20-9-5-4-6-10-20/h4-6,9-14,17,19,22H,7-8,15-16H2,1-3H3,(H2,29,30,31)/t19-,22?/m1/s1. The third-order valence-corrected chi connectivity index (χ3v) is 6.35. The van der Waals surface area contributed by atoms with Crippen LogP contribution in [0.5, 0.6) is 11.5 Å². The number of likely N-dealkylation sites (tertiary alicyclic amines) is 1. The SMILES string of the molecule is CC(C)(C)OC(=O)N1CCC[C@@H]1CC1N=C(c2ccc(Oc3ccccc3)cc2)c2c(N)ncnc21. The highest BCUT2D eigenvalue weighted by Crippen LogP contribution is 2.38. The van der Waals surface area contributed by atoms with E-state index in [1.54, 1.807) is 0 Å².